The topological polar surface area (TPSA) is 17.1 Å². The van der Waals surface area contributed by atoms with Gasteiger partial charge in [0.2, 0.25) is 0 Å². The lowest BCUT2D eigenvalue weighted by Gasteiger charge is -2.06. The summed E-state index contributed by atoms with van der Waals surface area (Å²) >= 11 is 0. The van der Waals surface area contributed by atoms with Gasteiger partial charge in [0.1, 0.15) is 5.57 Å². The Hall–Kier alpha value is -2.69. The zero-order valence-corrected chi connectivity index (χ0v) is 11.7. The molecule has 0 spiro atoms. The molecule has 2 aromatic carbocycles. The third-order valence-corrected chi connectivity index (χ3v) is 3.54. The molecular weight excluding hydrogens is 308 g/mol. The highest BCUT2D eigenvalue weighted by molar-refractivity contribution is 6.29. The van der Waals surface area contributed by atoms with Crippen LogP contribution in [0.4, 0.5) is 17.6 Å². The minimum atomic E-state index is -5.04. The highest BCUT2D eigenvalue weighted by atomic mass is 19.4. The fourth-order valence-electron chi connectivity index (χ4n) is 2.58. The summed E-state index contributed by atoms with van der Waals surface area (Å²) in [5.74, 6) is 0. The SMILES string of the molecule is O=C(F)C(=C1C(c2ccccc2)=C1c1ccccc1)C(F)(F)F. The van der Waals surface area contributed by atoms with E-state index in [9.17, 15) is 22.4 Å². The molecule has 5 heteroatoms. The van der Waals surface area contributed by atoms with E-state index in [0.29, 0.717) is 11.1 Å². The second-order valence-electron chi connectivity index (χ2n) is 5.00. The van der Waals surface area contributed by atoms with E-state index in [2.05, 4.69) is 0 Å². The predicted molar refractivity (Wildman–Crippen MR) is 78.9 cm³/mol. The van der Waals surface area contributed by atoms with Crippen LogP contribution in [0.15, 0.2) is 71.8 Å². The molecule has 0 saturated heterocycles. The molecule has 0 radical (unpaired) electrons. The van der Waals surface area contributed by atoms with E-state index in [1.54, 1.807) is 60.7 Å². The molecule has 2 aromatic rings. The van der Waals surface area contributed by atoms with Gasteiger partial charge in [0.15, 0.2) is 0 Å². The number of carbonyl (C=O) groups excluding carboxylic acids is 1. The van der Waals surface area contributed by atoms with Gasteiger partial charge in [-0.2, -0.15) is 17.6 Å². The predicted octanol–water partition coefficient (Wildman–Crippen LogP) is 4.97. The quantitative estimate of drug-likeness (QED) is 0.444. The summed E-state index contributed by atoms with van der Waals surface area (Å²) in [7, 11) is 0. The molecule has 1 nitrogen and oxygen atoms in total. The van der Waals surface area contributed by atoms with E-state index in [0.717, 1.165) is 0 Å². The number of rotatable bonds is 3. The fourth-order valence-corrected chi connectivity index (χ4v) is 2.58. The zero-order valence-electron chi connectivity index (χ0n) is 11.7. The number of allylic oxidation sites excluding steroid dienone is 4. The Bertz CT molecular complexity index is 764. The summed E-state index contributed by atoms with van der Waals surface area (Å²) in [5.41, 5.74) is -0.545. The summed E-state index contributed by atoms with van der Waals surface area (Å²) in [4.78, 5) is 11.0. The third kappa shape index (κ3) is 2.82. The molecule has 0 N–H and O–H groups in total. The lowest BCUT2D eigenvalue weighted by molar-refractivity contribution is -0.137. The third-order valence-electron chi connectivity index (χ3n) is 3.54. The van der Waals surface area contributed by atoms with Gasteiger partial charge >= 0.3 is 12.2 Å². The normalized spacial score (nSPS) is 14.0. The van der Waals surface area contributed by atoms with E-state index >= 15 is 0 Å². The first-order valence-electron chi connectivity index (χ1n) is 6.78. The Labute approximate surface area is 129 Å². The van der Waals surface area contributed by atoms with Crippen molar-refractivity contribution in [3.05, 3.63) is 82.9 Å². The van der Waals surface area contributed by atoms with Crippen molar-refractivity contribution in [3.63, 3.8) is 0 Å². The summed E-state index contributed by atoms with van der Waals surface area (Å²) in [6.07, 6.45) is -5.04. The number of carbonyl (C=O) groups is 1. The van der Waals surface area contributed by atoms with Gasteiger partial charge in [0.25, 0.3) is 0 Å². The standard InChI is InChI=1S/C18H10F4O/c19-17(23)16(18(20,21)22)15-13(11-7-3-1-4-8-11)14(15)12-9-5-2-6-10-12/h1-10H. The minimum absolute atomic E-state index is 0.259. The van der Waals surface area contributed by atoms with Crippen LogP contribution in [0.1, 0.15) is 11.1 Å². The van der Waals surface area contributed by atoms with Gasteiger partial charge in [-0.1, -0.05) is 60.7 Å². The van der Waals surface area contributed by atoms with E-state index in [4.69, 9.17) is 0 Å². The van der Waals surface area contributed by atoms with Crippen molar-refractivity contribution >= 4 is 17.2 Å². The van der Waals surface area contributed by atoms with Gasteiger partial charge in [-0.05, 0) is 22.3 Å². The van der Waals surface area contributed by atoms with Crippen LogP contribution in [0.2, 0.25) is 0 Å². The first-order chi connectivity index (χ1) is 10.9. The lowest BCUT2D eigenvalue weighted by atomic mass is 10.1. The van der Waals surface area contributed by atoms with Crippen LogP contribution in [0.5, 0.6) is 0 Å². The number of hydrogen-bond acceptors (Lipinski definition) is 1. The molecule has 0 aliphatic heterocycles. The fraction of sp³-hybridized carbons (Fsp3) is 0.0556. The second-order valence-corrected chi connectivity index (χ2v) is 5.00. The van der Waals surface area contributed by atoms with Gasteiger partial charge in [-0.25, -0.2) is 0 Å². The van der Waals surface area contributed by atoms with Crippen LogP contribution in [-0.4, -0.2) is 12.2 Å². The number of halogens is 4. The lowest BCUT2D eigenvalue weighted by Crippen LogP contribution is -2.18. The summed E-state index contributed by atoms with van der Waals surface area (Å²) < 4.78 is 52.4. The largest absolute Gasteiger partial charge is 0.423 e. The highest BCUT2D eigenvalue weighted by Crippen LogP contribution is 2.56. The van der Waals surface area contributed by atoms with Crippen molar-refractivity contribution < 1.29 is 22.4 Å². The van der Waals surface area contributed by atoms with Crippen LogP contribution in [0.25, 0.3) is 11.1 Å². The smallest absolute Gasteiger partial charge is 0.255 e. The van der Waals surface area contributed by atoms with Gasteiger partial charge in [0, 0.05) is 5.57 Å². The van der Waals surface area contributed by atoms with Crippen molar-refractivity contribution in [1.82, 2.24) is 0 Å². The Morgan fingerprint density at radius 3 is 1.43 bits per heavy atom. The number of hydrogen-bond donors (Lipinski definition) is 0. The molecule has 116 valence electrons. The van der Waals surface area contributed by atoms with Gasteiger partial charge < -0.3 is 0 Å². The van der Waals surface area contributed by atoms with Crippen molar-refractivity contribution in [2.45, 2.75) is 6.18 Å². The van der Waals surface area contributed by atoms with E-state index in [1.807, 2.05) is 0 Å². The second kappa shape index (κ2) is 5.50. The minimum Gasteiger partial charge on any atom is -0.255 e. The molecule has 0 unspecified atom stereocenters. The van der Waals surface area contributed by atoms with Gasteiger partial charge in [0.05, 0.1) is 0 Å². The van der Waals surface area contributed by atoms with Crippen molar-refractivity contribution in [2.24, 2.45) is 0 Å². The van der Waals surface area contributed by atoms with Gasteiger partial charge in [-0.15, -0.1) is 0 Å². The zero-order chi connectivity index (χ0) is 16.6. The molecule has 0 bridgehead atoms. The van der Waals surface area contributed by atoms with Crippen LogP contribution < -0.4 is 0 Å². The summed E-state index contributed by atoms with van der Waals surface area (Å²) in [6, 6.07) is 14.2. The molecule has 0 aromatic heterocycles. The average molecular weight is 318 g/mol. The van der Waals surface area contributed by atoms with E-state index < -0.39 is 17.8 Å². The monoisotopic (exact) mass is 318 g/mol. The molecular formula is C18H10F4O. The molecule has 3 rings (SSSR count). The van der Waals surface area contributed by atoms with Crippen molar-refractivity contribution in [3.8, 4) is 0 Å². The highest BCUT2D eigenvalue weighted by Gasteiger charge is 2.48. The Kier molecular flexibility index (Phi) is 3.64. The number of alkyl halides is 3. The van der Waals surface area contributed by atoms with E-state index in [1.165, 1.54) is 0 Å². The molecule has 0 saturated carbocycles. The van der Waals surface area contributed by atoms with Crippen LogP contribution in [0, 0.1) is 0 Å². The molecule has 0 amide bonds. The molecule has 1 aliphatic rings. The van der Waals surface area contributed by atoms with Crippen molar-refractivity contribution in [1.29, 1.82) is 0 Å². The maximum absolute atomic E-state index is 13.1. The molecule has 23 heavy (non-hydrogen) atoms. The maximum atomic E-state index is 13.1. The van der Waals surface area contributed by atoms with Crippen LogP contribution in [0.3, 0.4) is 0 Å². The average Bonchev–Trinajstić information content (AvgIpc) is 3.22. The van der Waals surface area contributed by atoms with Gasteiger partial charge in [-0.3, -0.25) is 4.79 Å². The number of benzene rings is 2. The maximum Gasteiger partial charge on any atom is 0.423 e. The summed E-state index contributed by atoms with van der Waals surface area (Å²) in [6.45, 7) is 0. The van der Waals surface area contributed by atoms with Crippen LogP contribution >= 0.6 is 0 Å². The van der Waals surface area contributed by atoms with E-state index in [-0.39, 0.29) is 16.7 Å². The molecule has 0 atom stereocenters. The molecule has 1 aliphatic carbocycles. The Morgan fingerprint density at radius 2 is 1.13 bits per heavy atom. The Balaban J connectivity index is 2.22. The molecule has 0 fully saturated rings. The van der Waals surface area contributed by atoms with Crippen LogP contribution in [-0.2, 0) is 4.79 Å². The first kappa shape index (κ1) is 15.2. The summed E-state index contributed by atoms with van der Waals surface area (Å²) in [5, 5.41) is 0. The first-order valence-corrected chi connectivity index (χ1v) is 6.78. The van der Waals surface area contributed by atoms with Crippen molar-refractivity contribution in [2.75, 3.05) is 0 Å². The molecule has 0 heterocycles. The Morgan fingerprint density at radius 1 is 0.739 bits per heavy atom.